The fraction of sp³-hybridized carbons (Fsp3) is 0.538. The van der Waals surface area contributed by atoms with E-state index in [4.69, 9.17) is 23.7 Å². The third-order valence-corrected chi connectivity index (χ3v) is 6.58. The molecule has 4 atom stereocenters. The minimum absolute atomic E-state index is 0.136. The predicted molar refractivity (Wildman–Crippen MR) is 135 cm³/mol. The number of ether oxygens (including phenoxy) is 5. The first-order chi connectivity index (χ1) is 17.3. The van der Waals surface area contributed by atoms with E-state index in [0.29, 0.717) is 19.1 Å². The lowest BCUT2D eigenvalue weighted by Gasteiger charge is -2.25. The standard InChI is InChI=1S/C26H35N5O5/c1-15(2)27-13-20-21-22(36-26(3,4)35-21)25(34-20)31-10-9-18-23(29-14-30-24(18)31)28-12-16-7-8-17(32-5)11-19(16)33-6/h7-11,14-15,20-22,25,27H,12-13H2,1-6H3,(H,28,29,30)/t20-,21-,22-,25-/m1/s1. The molecule has 2 aliphatic rings. The van der Waals surface area contributed by atoms with E-state index in [0.717, 1.165) is 33.9 Å². The van der Waals surface area contributed by atoms with E-state index >= 15 is 0 Å². The van der Waals surface area contributed by atoms with Gasteiger partial charge in [0, 0.05) is 37.0 Å². The number of nitrogens with one attached hydrogen (secondary N) is 2. The van der Waals surface area contributed by atoms with E-state index in [-0.39, 0.29) is 24.5 Å². The Morgan fingerprint density at radius 2 is 1.89 bits per heavy atom. The van der Waals surface area contributed by atoms with E-state index < -0.39 is 5.79 Å². The molecule has 5 rings (SSSR count). The fourth-order valence-corrected chi connectivity index (χ4v) is 4.89. The van der Waals surface area contributed by atoms with Gasteiger partial charge >= 0.3 is 0 Å². The molecule has 2 aliphatic heterocycles. The van der Waals surface area contributed by atoms with E-state index in [1.54, 1.807) is 20.5 Å². The Labute approximate surface area is 211 Å². The van der Waals surface area contributed by atoms with Gasteiger partial charge in [-0.15, -0.1) is 0 Å². The number of rotatable bonds is 9. The smallest absolute Gasteiger partial charge is 0.164 e. The molecule has 0 aliphatic carbocycles. The van der Waals surface area contributed by atoms with Crippen LogP contribution < -0.4 is 20.1 Å². The molecule has 2 fully saturated rings. The molecule has 10 heteroatoms. The lowest BCUT2D eigenvalue weighted by molar-refractivity contribution is -0.195. The molecular formula is C26H35N5O5. The van der Waals surface area contributed by atoms with Crippen LogP contribution in [-0.2, 0) is 20.8 Å². The second kappa shape index (κ2) is 9.85. The van der Waals surface area contributed by atoms with Crippen molar-refractivity contribution in [2.45, 2.75) is 70.6 Å². The zero-order valence-corrected chi connectivity index (χ0v) is 21.6. The zero-order valence-electron chi connectivity index (χ0n) is 21.6. The molecule has 194 valence electrons. The number of anilines is 1. The summed E-state index contributed by atoms with van der Waals surface area (Å²) in [5, 5.41) is 7.79. The summed E-state index contributed by atoms with van der Waals surface area (Å²) in [4.78, 5) is 9.08. The number of methoxy groups -OCH3 is 2. The Kier molecular flexibility index (Phi) is 6.78. The van der Waals surface area contributed by atoms with Gasteiger partial charge in [-0.3, -0.25) is 0 Å². The fourth-order valence-electron chi connectivity index (χ4n) is 4.89. The molecular weight excluding hydrogens is 462 g/mol. The third-order valence-electron chi connectivity index (χ3n) is 6.58. The molecule has 10 nitrogen and oxygen atoms in total. The number of nitrogens with zero attached hydrogens (tertiary/aromatic N) is 3. The van der Waals surface area contributed by atoms with Gasteiger partial charge in [0.25, 0.3) is 0 Å². The minimum atomic E-state index is -0.671. The quantitative estimate of drug-likeness (QED) is 0.460. The van der Waals surface area contributed by atoms with Gasteiger partial charge in [0.2, 0.25) is 0 Å². The molecule has 36 heavy (non-hydrogen) atoms. The highest BCUT2D eigenvalue weighted by Crippen LogP contribution is 2.44. The summed E-state index contributed by atoms with van der Waals surface area (Å²) in [5.74, 6) is 1.55. The van der Waals surface area contributed by atoms with Crippen LogP contribution in [0, 0.1) is 0 Å². The third kappa shape index (κ3) is 4.73. The normalized spacial score (nSPS) is 24.9. The number of aromatic nitrogens is 3. The first-order valence-corrected chi connectivity index (χ1v) is 12.3. The van der Waals surface area contributed by atoms with Crippen molar-refractivity contribution < 1.29 is 23.7 Å². The summed E-state index contributed by atoms with van der Waals surface area (Å²) in [5.41, 5.74) is 1.76. The van der Waals surface area contributed by atoms with Gasteiger partial charge in [0.05, 0.1) is 19.6 Å². The van der Waals surface area contributed by atoms with Crippen LogP contribution in [0.15, 0.2) is 36.8 Å². The van der Waals surface area contributed by atoms with Crippen LogP contribution in [0.3, 0.4) is 0 Å². The number of hydrogen-bond acceptors (Lipinski definition) is 9. The van der Waals surface area contributed by atoms with Gasteiger partial charge in [0.1, 0.15) is 47.6 Å². The average Bonchev–Trinajstić information content (AvgIpc) is 3.52. The highest BCUT2D eigenvalue weighted by molar-refractivity contribution is 5.87. The van der Waals surface area contributed by atoms with Crippen molar-refractivity contribution in [3.05, 3.63) is 42.4 Å². The van der Waals surface area contributed by atoms with Crippen molar-refractivity contribution >= 4 is 16.9 Å². The summed E-state index contributed by atoms with van der Waals surface area (Å²) in [6.45, 7) is 9.34. The number of benzene rings is 1. The van der Waals surface area contributed by atoms with E-state index in [2.05, 4.69) is 34.4 Å². The van der Waals surface area contributed by atoms with Gasteiger partial charge in [-0.25, -0.2) is 9.97 Å². The first-order valence-electron chi connectivity index (χ1n) is 12.3. The molecule has 4 heterocycles. The van der Waals surface area contributed by atoms with Crippen LogP contribution in [0.4, 0.5) is 5.82 Å². The van der Waals surface area contributed by atoms with Gasteiger partial charge in [-0.1, -0.05) is 13.8 Å². The molecule has 3 aromatic rings. The maximum atomic E-state index is 6.49. The maximum Gasteiger partial charge on any atom is 0.164 e. The van der Waals surface area contributed by atoms with E-state index in [1.807, 2.05) is 48.9 Å². The van der Waals surface area contributed by atoms with Crippen LogP contribution in [0.25, 0.3) is 11.0 Å². The Balaban J connectivity index is 1.39. The molecule has 0 unspecified atom stereocenters. The van der Waals surface area contributed by atoms with Crippen molar-refractivity contribution in [3.63, 3.8) is 0 Å². The zero-order chi connectivity index (χ0) is 25.4. The molecule has 0 amide bonds. The topological polar surface area (TPSA) is 101 Å². The van der Waals surface area contributed by atoms with Crippen molar-refractivity contribution in [2.75, 3.05) is 26.1 Å². The van der Waals surface area contributed by atoms with Crippen LogP contribution in [0.1, 0.15) is 39.5 Å². The summed E-state index contributed by atoms with van der Waals surface area (Å²) in [6.07, 6.45) is 2.63. The molecule has 2 aromatic heterocycles. The monoisotopic (exact) mass is 497 g/mol. The molecule has 0 bridgehead atoms. The second-order valence-electron chi connectivity index (χ2n) is 9.91. The second-order valence-corrected chi connectivity index (χ2v) is 9.91. The Bertz CT molecular complexity index is 1210. The lowest BCUT2D eigenvalue weighted by Crippen LogP contribution is -2.39. The van der Waals surface area contributed by atoms with E-state index in [1.165, 1.54) is 0 Å². The molecule has 0 saturated carbocycles. The van der Waals surface area contributed by atoms with Gasteiger partial charge in [0.15, 0.2) is 12.0 Å². The SMILES string of the molecule is COc1ccc(CNc2ncnc3c2ccn3[C@@H]2O[C@H](CNC(C)C)[C@H]3OC(C)(C)O[C@H]32)c(OC)c1. The highest BCUT2D eigenvalue weighted by atomic mass is 16.8. The average molecular weight is 498 g/mol. The maximum absolute atomic E-state index is 6.49. The van der Waals surface area contributed by atoms with Crippen molar-refractivity contribution in [3.8, 4) is 11.5 Å². The summed E-state index contributed by atoms with van der Waals surface area (Å²) >= 11 is 0. The predicted octanol–water partition coefficient (Wildman–Crippen LogP) is 3.48. The van der Waals surface area contributed by atoms with Gasteiger partial charge in [-0.2, -0.15) is 0 Å². The van der Waals surface area contributed by atoms with Gasteiger partial charge < -0.3 is 38.9 Å². The summed E-state index contributed by atoms with van der Waals surface area (Å²) in [7, 11) is 3.29. The largest absolute Gasteiger partial charge is 0.497 e. The lowest BCUT2D eigenvalue weighted by atomic mass is 10.1. The van der Waals surface area contributed by atoms with Crippen LogP contribution in [0.5, 0.6) is 11.5 Å². The Hall–Kier alpha value is -2.92. The highest BCUT2D eigenvalue weighted by Gasteiger charge is 2.55. The molecule has 0 radical (unpaired) electrons. The summed E-state index contributed by atoms with van der Waals surface area (Å²) in [6, 6.07) is 8.11. The Morgan fingerprint density at radius 1 is 1.08 bits per heavy atom. The van der Waals surface area contributed by atoms with Crippen molar-refractivity contribution in [1.82, 2.24) is 19.9 Å². The van der Waals surface area contributed by atoms with Crippen LogP contribution in [0.2, 0.25) is 0 Å². The number of fused-ring (bicyclic) bond motifs is 2. The van der Waals surface area contributed by atoms with Crippen molar-refractivity contribution in [2.24, 2.45) is 0 Å². The van der Waals surface area contributed by atoms with Gasteiger partial charge in [-0.05, 0) is 32.0 Å². The molecule has 2 N–H and O–H groups in total. The molecule has 1 aromatic carbocycles. The van der Waals surface area contributed by atoms with E-state index in [9.17, 15) is 0 Å². The Morgan fingerprint density at radius 3 is 2.64 bits per heavy atom. The van der Waals surface area contributed by atoms with Crippen molar-refractivity contribution in [1.29, 1.82) is 0 Å². The summed E-state index contributed by atoms with van der Waals surface area (Å²) < 4.78 is 31.9. The number of hydrogen-bond donors (Lipinski definition) is 2. The molecule has 0 spiro atoms. The molecule has 2 saturated heterocycles. The minimum Gasteiger partial charge on any atom is -0.497 e. The van der Waals surface area contributed by atoms with Crippen LogP contribution >= 0.6 is 0 Å². The first kappa shape index (κ1) is 24.8. The van der Waals surface area contributed by atoms with Crippen LogP contribution in [-0.4, -0.2) is 65.4 Å².